The Kier molecular flexibility index (Phi) is 4.97. The zero-order valence-electron chi connectivity index (χ0n) is 13.6. The molecule has 3 rings (SSSR count). The maximum atomic E-state index is 3.97. The molecule has 4 unspecified atom stereocenters. The van der Waals surface area contributed by atoms with E-state index in [9.17, 15) is 0 Å². The number of likely N-dealkylation sites (tertiary alicyclic amines) is 1. The van der Waals surface area contributed by atoms with Crippen LogP contribution < -0.4 is 5.32 Å². The molecule has 2 fully saturated rings. The van der Waals surface area contributed by atoms with Crippen LogP contribution in [-0.2, 0) is 6.54 Å². The van der Waals surface area contributed by atoms with Crippen molar-refractivity contribution in [3.8, 4) is 0 Å². The minimum Gasteiger partial charge on any atom is -0.310 e. The average molecular weight is 286 g/mol. The van der Waals surface area contributed by atoms with Gasteiger partial charge < -0.3 is 5.32 Å². The first-order valence-electron chi connectivity index (χ1n) is 8.74. The molecule has 1 aromatic rings. The van der Waals surface area contributed by atoms with E-state index in [0.717, 1.165) is 24.4 Å². The first kappa shape index (κ1) is 15.1. The van der Waals surface area contributed by atoms with E-state index in [4.69, 9.17) is 0 Å². The zero-order valence-corrected chi connectivity index (χ0v) is 13.6. The number of piperidine rings is 1. The highest BCUT2D eigenvalue weighted by Crippen LogP contribution is 2.31. The highest BCUT2D eigenvalue weighted by atomic mass is 15.2. The molecule has 1 aliphatic carbocycles. The third-order valence-electron chi connectivity index (χ3n) is 5.67. The normalized spacial score (nSPS) is 34.2. The minimum atomic E-state index is 0.695. The molecule has 1 heterocycles. The van der Waals surface area contributed by atoms with Crippen molar-refractivity contribution < 1.29 is 0 Å². The standard InChI is InChI=1S/C19H30N2/c1-15-10-11-19(16(15)2)20-18-9-6-12-21(14-18)13-17-7-4-3-5-8-17/h3-5,7-8,15-16,18-20H,6,9-14H2,1-2H3. The maximum Gasteiger partial charge on any atom is 0.0234 e. The Labute approximate surface area is 129 Å². The van der Waals surface area contributed by atoms with Gasteiger partial charge in [-0.3, -0.25) is 4.90 Å². The monoisotopic (exact) mass is 286 g/mol. The Balaban J connectivity index is 1.51. The largest absolute Gasteiger partial charge is 0.310 e. The van der Waals surface area contributed by atoms with Crippen LogP contribution >= 0.6 is 0 Å². The Morgan fingerprint density at radius 1 is 1.10 bits per heavy atom. The highest BCUT2D eigenvalue weighted by molar-refractivity contribution is 5.14. The second-order valence-electron chi connectivity index (χ2n) is 7.25. The second kappa shape index (κ2) is 6.93. The molecule has 0 radical (unpaired) electrons. The van der Waals surface area contributed by atoms with Gasteiger partial charge in [-0.05, 0) is 49.6 Å². The van der Waals surface area contributed by atoms with Crippen LogP contribution in [0.15, 0.2) is 30.3 Å². The molecule has 4 atom stereocenters. The molecule has 0 bridgehead atoms. The molecule has 2 aliphatic rings. The van der Waals surface area contributed by atoms with E-state index >= 15 is 0 Å². The predicted molar refractivity (Wildman–Crippen MR) is 89.2 cm³/mol. The molecule has 0 spiro atoms. The van der Waals surface area contributed by atoms with Crippen molar-refractivity contribution in [2.45, 2.75) is 58.2 Å². The molecule has 1 N–H and O–H groups in total. The number of hydrogen-bond donors (Lipinski definition) is 1. The lowest BCUT2D eigenvalue weighted by Crippen LogP contribution is -2.49. The lowest BCUT2D eigenvalue weighted by atomic mass is 9.96. The van der Waals surface area contributed by atoms with Crippen molar-refractivity contribution in [3.63, 3.8) is 0 Å². The van der Waals surface area contributed by atoms with Crippen LogP contribution in [0.2, 0.25) is 0 Å². The molecule has 116 valence electrons. The lowest BCUT2D eigenvalue weighted by molar-refractivity contribution is 0.169. The van der Waals surface area contributed by atoms with Crippen LogP contribution in [0.25, 0.3) is 0 Å². The van der Waals surface area contributed by atoms with Gasteiger partial charge >= 0.3 is 0 Å². The fraction of sp³-hybridized carbons (Fsp3) is 0.684. The third-order valence-corrected chi connectivity index (χ3v) is 5.67. The van der Waals surface area contributed by atoms with E-state index in [2.05, 4.69) is 54.4 Å². The molecule has 1 saturated heterocycles. The number of rotatable bonds is 4. The Bertz CT molecular complexity index is 430. The first-order valence-corrected chi connectivity index (χ1v) is 8.74. The molecule has 21 heavy (non-hydrogen) atoms. The van der Waals surface area contributed by atoms with Crippen LogP contribution in [0.1, 0.15) is 45.1 Å². The van der Waals surface area contributed by atoms with E-state index in [1.54, 1.807) is 0 Å². The van der Waals surface area contributed by atoms with E-state index in [1.165, 1.54) is 44.3 Å². The van der Waals surface area contributed by atoms with Crippen LogP contribution in [-0.4, -0.2) is 30.1 Å². The van der Waals surface area contributed by atoms with Gasteiger partial charge in [0.2, 0.25) is 0 Å². The lowest BCUT2D eigenvalue weighted by Gasteiger charge is -2.36. The summed E-state index contributed by atoms with van der Waals surface area (Å²) in [5.41, 5.74) is 1.45. The van der Waals surface area contributed by atoms with Crippen molar-refractivity contribution in [2.75, 3.05) is 13.1 Å². The van der Waals surface area contributed by atoms with Crippen molar-refractivity contribution in [1.29, 1.82) is 0 Å². The van der Waals surface area contributed by atoms with E-state index in [-0.39, 0.29) is 0 Å². The van der Waals surface area contributed by atoms with E-state index < -0.39 is 0 Å². The molecule has 1 aromatic carbocycles. The van der Waals surface area contributed by atoms with Crippen LogP contribution in [0.3, 0.4) is 0 Å². The molecule has 0 amide bonds. The van der Waals surface area contributed by atoms with Crippen molar-refractivity contribution in [3.05, 3.63) is 35.9 Å². The zero-order chi connectivity index (χ0) is 14.7. The number of nitrogens with one attached hydrogen (secondary N) is 1. The quantitative estimate of drug-likeness (QED) is 0.908. The van der Waals surface area contributed by atoms with Crippen LogP contribution in [0.4, 0.5) is 0 Å². The van der Waals surface area contributed by atoms with Gasteiger partial charge in [0.15, 0.2) is 0 Å². The third kappa shape index (κ3) is 3.87. The number of hydrogen-bond acceptors (Lipinski definition) is 2. The summed E-state index contributed by atoms with van der Waals surface area (Å²) in [4.78, 5) is 2.62. The predicted octanol–water partition coefficient (Wildman–Crippen LogP) is 3.68. The summed E-state index contributed by atoms with van der Waals surface area (Å²) in [6.45, 7) is 8.42. The van der Waals surface area contributed by atoms with Gasteiger partial charge in [-0.1, -0.05) is 44.2 Å². The molecule has 1 aliphatic heterocycles. The molecule has 2 nitrogen and oxygen atoms in total. The summed E-state index contributed by atoms with van der Waals surface area (Å²) >= 11 is 0. The smallest absolute Gasteiger partial charge is 0.0234 e. The molecule has 0 aromatic heterocycles. The van der Waals surface area contributed by atoms with Crippen LogP contribution in [0.5, 0.6) is 0 Å². The van der Waals surface area contributed by atoms with Gasteiger partial charge in [0.1, 0.15) is 0 Å². The number of nitrogens with zero attached hydrogens (tertiary/aromatic N) is 1. The molecule has 1 saturated carbocycles. The van der Waals surface area contributed by atoms with E-state index in [0.29, 0.717) is 6.04 Å². The summed E-state index contributed by atoms with van der Waals surface area (Å²) < 4.78 is 0. The summed E-state index contributed by atoms with van der Waals surface area (Å²) in [6.07, 6.45) is 5.46. The highest BCUT2D eigenvalue weighted by Gasteiger charge is 2.32. The summed E-state index contributed by atoms with van der Waals surface area (Å²) in [5.74, 6) is 1.74. The van der Waals surface area contributed by atoms with Crippen molar-refractivity contribution in [1.82, 2.24) is 10.2 Å². The molecular weight excluding hydrogens is 256 g/mol. The maximum absolute atomic E-state index is 3.97. The number of benzene rings is 1. The van der Waals surface area contributed by atoms with Gasteiger partial charge in [0, 0.05) is 25.2 Å². The topological polar surface area (TPSA) is 15.3 Å². The van der Waals surface area contributed by atoms with Crippen molar-refractivity contribution in [2.24, 2.45) is 11.8 Å². The molecule has 2 heteroatoms. The van der Waals surface area contributed by atoms with Gasteiger partial charge in [-0.15, -0.1) is 0 Å². The van der Waals surface area contributed by atoms with E-state index in [1.807, 2.05) is 0 Å². The minimum absolute atomic E-state index is 0.695. The summed E-state index contributed by atoms with van der Waals surface area (Å²) in [5, 5.41) is 3.97. The fourth-order valence-corrected chi connectivity index (χ4v) is 4.08. The van der Waals surface area contributed by atoms with Crippen LogP contribution in [0, 0.1) is 11.8 Å². The summed E-state index contributed by atoms with van der Waals surface area (Å²) in [6, 6.07) is 12.3. The second-order valence-corrected chi connectivity index (χ2v) is 7.25. The average Bonchev–Trinajstić information content (AvgIpc) is 2.81. The van der Waals surface area contributed by atoms with Gasteiger partial charge in [-0.25, -0.2) is 0 Å². The van der Waals surface area contributed by atoms with Gasteiger partial charge in [0.25, 0.3) is 0 Å². The fourth-order valence-electron chi connectivity index (χ4n) is 4.08. The van der Waals surface area contributed by atoms with Gasteiger partial charge in [-0.2, -0.15) is 0 Å². The van der Waals surface area contributed by atoms with Gasteiger partial charge in [0.05, 0.1) is 0 Å². The first-order chi connectivity index (χ1) is 10.2. The van der Waals surface area contributed by atoms with Crippen molar-refractivity contribution >= 4 is 0 Å². The Hall–Kier alpha value is -0.860. The molecular formula is C19H30N2. The Morgan fingerprint density at radius 3 is 2.62 bits per heavy atom. The Morgan fingerprint density at radius 2 is 1.90 bits per heavy atom. The SMILES string of the molecule is CC1CCC(NC2CCCN(Cc3ccccc3)C2)C1C. The summed E-state index contributed by atoms with van der Waals surface area (Å²) in [7, 11) is 0.